The van der Waals surface area contributed by atoms with E-state index in [1.165, 1.54) is 16.7 Å². The molecule has 4 atom stereocenters. The van der Waals surface area contributed by atoms with E-state index in [0.717, 1.165) is 27.4 Å². The number of hydrogen-bond donors (Lipinski definition) is 0. The highest BCUT2D eigenvalue weighted by atomic mass is 79.9. The molecule has 0 spiro atoms. The molecule has 4 rings (SSSR count). The molecule has 26 heavy (non-hydrogen) atoms. The van der Waals surface area contributed by atoms with E-state index in [9.17, 15) is 0 Å². The molecule has 1 aromatic carbocycles. The first kappa shape index (κ1) is 17.8. The third-order valence-corrected chi connectivity index (χ3v) is 6.37. The lowest BCUT2D eigenvalue weighted by molar-refractivity contribution is 0.132. The molecule has 2 aromatic rings. The number of pyridine rings is 1. The molecule has 4 heteroatoms. The monoisotopic (exact) mass is 429 g/mol. The van der Waals surface area contributed by atoms with Gasteiger partial charge in [0.1, 0.15) is 11.9 Å². The van der Waals surface area contributed by atoms with Crippen LogP contribution in [0.25, 0.3) is 0 Å². The summed E-state index contributed by atoms with van der Waals surface area (Å²) in [5, 5.41) is 0.833. The van der Waals surface area contributed by atoms with Crippen LogP contribution in [0.3, 0.4) is 0 Å². The van der Waals surface area contributed by atoms with E-state index in [2.05, 4.69) is 72.8 Å². The minimum Gasteiger partial charge on any atom is -0.490 e. The van der Waals surface area contributed by atoms with E-state index in [4.69, 9.17) is 21.3 Å². The minimum atomic E-state index is 0.0798. The molecule has 4 unspecified atom stereocenters. The molecule has 1 aliphatic carbocycles. The van der Waals surface area contributed by atoms with Crippen molar-refractivity contribution in [1.29, 1.82) is 0 Å². The van der Waals surface area contributed by atoms with E-state index in [1.54, 1.807) is 0 Å². The molecule has 1 saturated heterocycles. The van der Waals surface area contributed by atoms with Crippen LogP contribution in [0.15, 0.2) is 65.0 Å². The normalized spacial score (nSPS) is 27.7. The van der Waals surface area contributed by atoms with Gasteiger partial charge in [-0.2, -0.15) is 0 Å². The smallest absolute Gasteiger partial charge is 0.115 e. The van der Waals surface area contributed by atoms with Crippen molar-refractivity contribution in [2.24, 2.45) is 5.92 Å². The Balaban J connectivity index is 1.85. The fourth-order valence-electron chi connectivity index (χ4n) is 4.42. The predicted octanol–water partition coefficient (Wildman–Crippen LogP) is 6.55. The number of benzene rings is 1. The predicted molar refractivity (Wildman–Crippen MR) is 109 cm³/mol. The number of ether oxygens (including phenoxy) is 1. The van der Waals surface area contributed by atoms with Gasteiger partial charge < -0.3 is 4.74 Å². The summed E-state index contributed by atoms with van der Waals surface area (Å²) in [4.78, 5) is 4.74. The highest BCUT2D eigenvalue weighted by molar-refractivity contribution is 9.10. The van der Waals surface area contributed by atoms with Gasteiger partial charge in [0.15, 0.2) is 0 Å². The van der Waals surface area contributed by atoms with E-state index < -0.39 is 0 Å². The van der Waals surface area contributed by atoms with Crippen LogP contribution in [0.2, 0.25) is 5.02 Å². The van der Waals surface area contributed by atoms with Gasteiger partial charge in [-0.25, -0.2) is 0 Å². The molecule has 0 radical (unpaired) electrons. The van der Waals surface area contributed by atoms with Crippen molar-refractivity contribution in [3.63, 3.8) is 0 Å². The summed E-state index contributed by atoms with van der Waals surface area (Å²) in [6.07, 6.45) is 5.14. The van der Waals surface area contributed by atoms with E-state index in [0.29, 0.717) is 0 Å². The molecule has 2 aliphatic rings. The van der Waals surface area contributed by atoms with E-state index in [1.807, 2.05) is 6.20 Å². The second-order valence-corrected chi connectivity index (χ2v) is 8.55. The van der Waals surface area contributed by atoms with E-state index in [-0.39, 0.29) is 23.9 Å². The summed E-state index contributed by atoms with van der Waals surface area (Å²) in [6.45, 7) is 8.31. The van der Waals surface area contributed by atoms with Crippen LogP contribution in [0.1, 0.15) is 42.0 Å². The van der Waals surface area contributed by atoms with Crippen molar-refractivity contribution >= 4 is 27.5 Å². The van der Waals surface area contributed by atoms with Crippen molar-refractivity contribution in [3.05, 3.63) is 86.8 Å². The lowest BCUT2D eigenvalue weighted by Crippen LogP contribution is -2.30. The Bertz CT molecular complexity index is 890. The van der Waals surface area contributed by atoms with Crippen LogP contribution in [-0.2, 0) is 4.74 Å². The van der Waals surface area contributed by atoms with Crippen LogP contribution in [0.5, 0.6) is 0 Å². The molecule has 0 saturated carbocycles. The van der Waals surface area contributed by atoms with Crippen molar-refractivity contribution in [3.8, 4) is 0 Å². The highest BCUT2D eigenvalue weighted by Gasteiger charge is 2.46. The Morgan fingerprint density at radius 2 is 2.04 bits per heavy atom. The standard InChI is InChI=1S/C22H21BrClNO/c1-12-4-6-17(19(24)10-12)18-8-7-16-13(2)26-14(3)21(16)22(18)20-9-5-15(23)11-25-20/h4-7,9-11,14,18,21-22H,2,8H2,1,3H3. The van der Waals surface area contributed by atoms with Gasteiger partial charge in [0.2, 0.25) is 0 Å². The Hall–Kier alpha value is -1.58. The number of aryl methyl sites for hydroxylation is 1. The lowest BCUT2D eigenvalue weighted by atomic mass is 9.67. The Morgan fingerprint density at radius 1 is 1.23 bits per heavy atom. The number of allylic oxidation sites excluding steroid dienone is 2. The second kappa shape index (κ2) is 6.86. The Labute approximate surface area is 168 Å². The number of aromatic nitrogens is 1. The zero-order valence-corrected chi connectivity index (χ0v) is 17.2. The topological polar surface area (TPSA) is 22.1 Å². The minimum absolute atomic E-state index is 0.0798. The maximum Gasteiger partial charge on any atom is 0.115 e. The first-order valence-corrected chi connectivity index (χ1v) is 10.1. The zero-order valence-electron chi connectivity index (χ0n) is 14.9. The maximum absolute atomic E-state index is 6.65. The van der Waals surface area contributed by atoms with Gasteiger partial charge in [0.25, 0.3) is 0 Å². The van der Waals surface area contributed by atoms with Crippen molar-refractivity contribution < 1.29 is 4.74 Å². The Morgan fingerprint density at radius 3 is 2.73 bits per heavy atom. The van der Waals surface area contributed by atoms with Gasteiger partial charge in [-0.05, 0) is 77.0 Å². The fourth-order valence-corrected chi connectivity index (χ4v) is 5.03. The molecule has 1 aliphatic heterocycles. The molecule has 0 bridgehead atoms. The summed E-state index contributed by atoms with van der Waals surface area (Å²) in [6, 6.07) is 10.5. The summed E-state index contributed by atoms with van der Waals surface area (Å²) < 4.78 is 6.97. The number of rotatable bonds is 2. The average Bonchev–Trinajstić information content (AvgIpc) is 2.90. The first-order chi connectivity index (χ1) is 12.5. The highest BCUT2D eigenvalue weighted by Crippen LogP contribution is 2.54. The van der Waals surface area contributed by atoms with Crippen LogP contribution in [-0.4, -0.2) is 11.1 Å². The van der Waals surface area contributed by atoms with Crippen molar-refractivity contribution in [2.45, 2.75) is 38.2 Å². The third kappa shape index (κ3) is 3.01. The number of nitrogens with zero attached hydrogens (tertiary/aromatic N) is 1. The average molecular weight is 431 g/mol. The van der Waals surface area contributed by atoms with Crippen LogP contribution in [0.4, 0.5) is 0 Å². The molecular weight excluding hydrogens is 410 g/mol. The number of hydrogen-bond acceptors (Lipinski definition) is 2. The Kier molecular flexibility index (Phi) is 4.70. The summed E-state index contributed by atoms with van der Waals surface area (Å²) in [5.41, 5.74) is 4.67. The molecule has 0 N–H and O–H groups in total. The maximum atomic E-state index is 6.65. The summed E-state index contributed by atoms with van der Waals surface area (Å²) in [5.74, 6) is 1.52. The SMILES string of the molecule is C=C1OC(C)C2C1=CCC(c1ccc(C)cc1Cl)C2c1ccc(Br)cn1. The summed E-state index contributed by atoms with van der Waals surface area (Å²) in [7, 11) is 0. The van der Waals surface area contributed by atoms with Crippen molar-refractivity contribution in [2.75, 3.05) is 0 Å². The zero-order chi connectivity index (χ0) is 18.4. The second-order valence-electron chi connectivity index (χ2n) is 7.23. The molecule has 2 nitrogen and oxygen atoms in total. The molecule has 1 aromatic heterocycles. The fraction of sp³-hybridized carbons (Fsp3) is 0.318. The van der Waals surface area contributed by atoms with Gasteiger partial charge >= 0.3 is 0 Å². The van der Waals surface area contributed by atoms with Crippen LogP contribution in [0, 0.1) is 12.8 Å². The van der Waals surface area contributed by atoms with Gasteiger partial charge in [-0.3, -0.25) is 4.98 Å². The molecule has 0 amide bonds. The molecule has 2 heterocycles. The summed E-state index contributed by atoms with van der Waals surface area (Å²) >= 11 is 10.1. The first-order valence-electron chi connectivity index (χ1n) is 8.89. The quantitative estimate of drug-likeness (QED) is 0.539. The molecular formula is C22H21BrClNO. The lowest BCUT2D eigenvalue weighted by Gasteiger charge is -2.36. The number of halogens is 2. The van der Waals surface area contributed by atoms with Crippen LogP contribution >= 0.6 is 27.5 Å². The number of fused-ring (bicyclic) bond motifs is 1. The van der Waals surface area contributed by atoms with Gasteiger partial charge in [-0.1, -0.05) is 36.4 Å². The van der Waals surface area contributed by atoms with E-state index >= 15 is 0 Å². The van der Waals surface area contributed by atoms with Gasteiger partial charge in [0, 0.05) is 33.2 Å². The molecule has 1 fully saturated rings. The third-order valence-electron chi connectivity index (χ3n) is 5.57. The largest absolute Gasteiger partial charge is 0.490 e. The van der Waals surface area contributed by atoms with Crippen LogP contribution < -0.4 is 0 Å². The molecule has 134 valence electrons. The van der Waals surface area contributed by atoms with Gasteiger partial charge in [0.05, 0.1) is 0 Å². The van der Waals surface area contributed by atoms with Gasteiger partial charge in [-0.15, -0.1) is 0 Å². The van der Waals surface area contributed by atoms with Crippen molar-refractivity contribution in [1.82, 2.24) is 4.98 Å².